The number of hydrogen-bond donors (Lipinski definition) is 0. The Hall–Kier alpha value is -2.30. The highest BCUT2D eigenvalue weighted by molar-refractivity contribution is 7.96. The van der Waals surface area contributed by atoms with Gasteiger partial charge < -0.3 is 4.74 Å². The van der Waals surface area contributed by atoms with Gasteiger partial charge >= 0.3 is 0 Å². The minimum absolute atomic E-state index is 0.293. The lowest BCUT2D eigenvalue weighted by atomic mass is 9.77. The molecule has 0 atom stereocenters. The summed E-state index contributed by atoms with van der Waals surface area (Å²) in [5.41, 5.74) is 6.13. The maximum Gasteiger partial charge on any atom is 0.155 e. The van der Waals surface area contributed by atoms with E-state index in [4.69, 9.17) is 32.9 Å². The Balaban J connectivity index is 1.60. The summed E-state index contributed by atoms with van der Waals surface area (Å²) in [6, 6.07) is 14.3. The predicted molar refractivity (Wildman–Crippen MR) is 140 cm³/mol. The van der Waals surface area contributed by atoms with Crippen LogP contribution in [0.5, 0.6) is 5.75 Å². The summed E-state index contributed by atoms with van der Waals surface area (Å²) in [6.07, 6.45) is 4.87. The normalized spacial score (nSPS) is 13.9. The summed E-state index contributed by atoms with van der Waals surface area (Å²) < 4.78 is 7.89. The molecule has 0 saturated carbocycles. The van der Waals surface area contributed by atoms with Crippen LogP contribution in [0, 0.1) is 11.3 Å². The zero-order valence-electron chi connectivity index (χ0n) is 19.4. The molecular weight excluding hydrogens is 487 g/mol. The number of aromatic nitrogens is 2. The van der Waals surface area contributed by atoms with Crippen molar-refractivity contribution in [2.75, 3.05) is 25.3 Å². The van der Waals surface area contributed by atoms with E-state index in [0.29, 0.717) is 28.8 Å². The first-order valence-electron chi connectivity index (χ1n) is 11.0. The largest absolute Gasteiger partial charge is 0.489 e. The van der Waals surface area contributed by atoms with Crippen LogP contribution in [0.4, 0.5) is 0 Å². The third-order valence-electron chi connectivity index (χ3n) is 6.23. The standard InChI is InChI=1S/C26H26Cl2N4OS/c1-26(2,20-12-18(14-29)25(21(28)13-20)33-11-9-27)19-6-4-17(5-7-19)23-15-30-24-16-32(34-3)10-8-22(24)31-23/h4-7,12-13,15H,8-11,16H2,1-3H3. The van der Waals surface area contributed by atoms with Gasteiger partial charge in [-0.2, -0.15) is 5.26 Å². The van der Waals surface area contributed by atoms with Gasteiger partial charge in [-0.15, -0.1) is 11.6 Å². The number of ether oxygens (including phenoxy) is 1. The Kier molecular flexibility index (Phi) is 7.69. The van der Waals surface area contributed by atoms with Crippen molar-refractivity contribution < 1.29 is 4.74 Å². The molecule has 1 aliphatic rings. The lowest BCUT2D eigenvalue weighted by Gasteiger charge is -2.27. The number of alkyl halides is 1. The number of nitriles is 1. The lowest BCUT2D eigenvalue weighted by Crippen LogP contribution is -2.26. The van der Waals surface area contributed by atoms with Crippen LogP contribution in [0.15, 0.2) is 42.6 Å². The zero-order chi connectivity index (χ0) is 24.3. The highest BCUT2D eigenvalue weighted by atomic mass is 35.5. The first-order chi connectivity index (χ1) is 16.4. The molecule has 0 fully saturated rings. The molecular formula is C26H26Cl2N4OS. The predicted octanol–water partition coefficient (Wildman–Crippen LogP) is 6.25. The Morgan fingerprint density at radius 2 is 1.94 bits per heavy atom. The Bertz CT molecular complexity index is 1220. The molecule has 0 unspecified atom stereocenters. The minimum atomic E-state index is -0.373. The monoisotopic (exact) mass is 512 g/mol. The summed E-state index contributed by atoms with van der Waals surface area (Å²) in [5, 5.41) is 10.1. The quantitative estimate of drug-likeness (QED) is 0.275. The van der Waals surface area contributed by atoms with Gasteiger partial charge in [0.25, 0.3) is 0 Å². The van der Waals surface area contributed by atoms with Crippen molar-refractivity contribution in [2.24, 2.45) is 0 Å². The van der Waals surface area contributed by atoms with Crippen LogP contribution >= 0.6 is 35.1 Å². The Morgan fingerprint density at radius 1 is 1.18 bits per heavy atom. The summed E-state index contributed by atoms with van der Waals surface area (Å²) in [7, 11) is 0. The highest BCUT2D eigenvalue weighted by Crippen LogP contribution is 2.38. The van der Waals surface area contributed by atoms with Gasteiger partial charge in [0.05, 0.1) is 46.3 Å². The van der Waals surface area contributed by atoms with Gasteiger partial charge in [-0.05, 0) is 29.5 Å². The number of rotatable bonds is 7. The third-order valence-corrected chi connectivity index (χ3v) is 7.49. The van der Waals surface area contributed by atoms with Crippen LogP contribution in [0.25, 0.3) is 11.3 Å². The van der Waals surface area contributed by atoms with Crippen LogP contribution in [0.2, 0.25) is 5.02 Å². The van der Waals surface area contributed by atoms with E-state index >= 15 is 0 Å². The van der Waals surface area contributed by atoms with E-state index in [2.05, 4.69) is 59.7 Å². The third kappa shape index (κ3) is 5.04. The molecule has 3 aromatic rings. The van der Waals surface area contributed by atoms with Crippen molar-refractivity contribution in [3.05, 3.63) is 75.7 Å². The molecule has 2 heterocycles. The topological polar surface area (TPSA) is 62.0 Å². The molecule has 34 heavy (non-hydrogen) atoms. The molecule has 0 radical (unpaired) electrons. The van der Waals surface area contributed by atoms with E-state index in [9.17, 15) is 5.26 Å². The zero-order valence-corrected chi connectivity index (χ0v) is 21.8. The maximum absolute atomic E-state index is 9.64. The van der Waals surface area contributed by atoms with E-state index in [1.165, 1.54) is 0 Å². The molecule has 0 spiro atoms. The van der Waals surface area contributed by atoms with Crippen molar-refractivity contribution in [3.8, 4) is 23.1 Å². The number of hydrogen-bond acceptors (Lipinski definition) is 6. The van der Waals surface area contributed by atoms with Crippen LogP contribution in [0.3, 0.4) is 0 Å². The van der Waals surface area contributed by atoms with Gasteiger partial charge in [0.15, 0.2) is 5.75 Å². The van der Waals surface area contributed by atoms with E-state index in [-0.39, 0.29) is 5.41 Å². The van der Waals surface area contributed by atoms with E-state index < -0.39 is 0 Å². The van der Waals surface area contributed by atoms with Crippen molar-refractivity contribution in [1.29, 1.82) is 5.26 Å². The first kappa shape index (κ1) is 24.8. The number of benzene rings is 2. The van der Waals surface area contributed by atoms with Crippen molar-refractivity contribution in [2.45, 2.75) is 32.2 Å². The van der Waals surface area contributed by atoms with Crippen LogP contribution in [0.1, 0.15) is 41.9 Å². The van der Waals surface area contributed by atoms with E-state index in [1.54, 1.807) is 11.9 Å². The molecule has 1 aliphatic heterocycles. The fraction of sp³-hybridized carbons (Fsp3) is 0.346. The van der Waals surface area contributed by atoms with E-state index in [1.807, 2.05) is 18.3 Å². The first-order valence-corrected chi connectivity index (χ1v) is 13.1. The number of nitrogens with zero attached hydrogens (tertiary/aromatic N) is 4. The highest BCUT2D eigenvalue weighted by Gasteiger charge is 2.26. The minimum Gasteiger partial charge on any atom is -0.489 e. The summed E-state index contributed by atoms with van der Waals surface area (Å²) in [5.74, 6) is 0.706. The molecule has 0 N–H and O–H groups in total. The van der Waals surface area contributed by atoms with Gasteiger partial charge in [-0.25, -0.2) is 9.29 Å². The van der Waals surface area contributed by atoms with Crippen LogP contribution in [-0.4, -0.2) is 39.6 Å². The Morgan fingerprint density at radius 3 is 2.62 bits per heavy atom. The smallest absolute Gasteiger partial charge is 0.155 e. The van der Waals surface area contributed by atoms with Gasteiger partial charge in [-0.1, -0.05) is 61.7 Å². The second kappa shape index (κ2) is 10.5. The molecule has 5 nitrogen and oxygen atoms in total. The van der Waals surface area contributed by atoms with Gasteiger partial charge in [0, 0.05) is 23.9 Å². The average Bonchev–Trinajstić information content (AvgIpc) is 2.86. The molecule has 8 heteroatoms. The van der Waals surface area contributed by atoms with Crippen molar-refractivity contribution in [3.63, 3.8) is 0 Å². The Labute approximate surface area is 215 Å². The number of fused-ring (bicyclic) bond motifs is 1. The summed E-state index contributed by atoms with van der Waals surface area (Å²) >= 11 is 14.0. The average molecular weight is 513 g/mol. The molecule has 0 bridgehead atoms. The fourth-order valence-corrected chi connectivity index (χ4v) is 4.98. The van der Waals surface area contributed by atoms with Gasteiger partial charge in [0.2, 0.25) is 0 Å². The second-order valence-corrected chi connectivity index (χ2v) is 10.3. The summed E-state index contributed by atoms with van der Waals surface area (Å²) in [4.78, 5) is 9.58. The summed E-state index contributed by atoms with van der Waals surface area (Å²) in [6.45, 7) is 6.35. The van der Waals surface area contributed by atoms with E-state index in [0.717, 1.165) is 53.3 Å². The van der Waals surface area contributed by atoms with Crippen LogP contribution in [-0.2, 0) is 18.4 Å². The molecule has 0 amide bonds. The van der Waals surface area contributed by atoms with Gasteiger partial charge in [-0.3, -0.25) is 4.98 Å². The molecule has 0 aliphatic carbocycles. The molecule has 176 valence electrons. The van der Waals surface area contributed by atoms with Gasteiger partial charge in [0.1, 0.15) is 12.7 Å². The molecule has 4 rings (SSSR count). The second-order valence-electron chi connectivity index (χ2n) is 8.63. The van der Waals surface area contributed by atoms with Crippen molar-refractivity contribution in [1.82, 2.24) is 14.3 Å². The fourth-order valence-electron chi connectivity index (χ4n) is 4.11. The maximum atomic E-state index is 9.64. The lowest BCUT2D eigenvalue weighted by molar-refractivity contribution is 0.341. The number of halogens is 2. The molecule has 2 aromatic carbocycles. The molecule has 1 aromatic heterocycles. The SMILES string of the molecule is CSN1CCc2nc(-c3ccc(C(C)(C)c4cc(Cl)c(OCCCl)c(C#N)c4)cc3)cnc2C1. The van der Waals surface area contributed by atoms with Crippen molar-refractivity contribution >= 4 is 35.1 Å². The molecule has 0 saturated heterocycles. The van der Waals surface area contributed by atoms with Crippen LogP contribution < -0.4 is 4.74 Å².